The van der Waals surface area contributed by atoms with Gasteiger partial charge in [0.2, 0.25) is 11.8 Å². The molecule has 242 valence electrons. The van der Waals surface area contributed by atoms with Gasteiger partial charge >= 0.3 is 0 Å². The summed E-state index contributed by atoms with van der Waals surface area (Å²) in [6, 6.07) is 11.1. The van der Waals surface area contributed by atoms with Crippen molar-refractivity contribution in [2.75, 3.05) is 64.0 Å². The number of allylic oxidation sites excluding steroid dienone is 1. The minimum Gasteiger partial charge on any atom is -0.397 e. The van der Waals surface area contributed by atoms with E-state index in [9.17, 15) is 9.59 Å². The van der Waals surface area contributed by atoms with E-state index in [-0.39, 0.29) is 47.2 Å². The summed E-state index contributed by atoms with van der Waals surface area (Å²) in [5.74, 6) is 0.272. The molecule has 3 heterocycles. The molecule has 7 N–H and O–H groups in total. The Hall–Kier alpha value is -5.17. The molecule has 46 heavy (non-hydrogen) atoms. The summed E-state index contributed by atoms with van der Waals surface area (Å²) in [4.78, 5) is 40.9. The van der Waals surface area contributed by atoms with Gasteiger partial charge in [0.1, 0.15) is 11.5 Å². The topological polar surface area (TPSA) is 191 Å². The first kappa shape index (κ1) is 33.7. The molecular formula is C33H43N11O2. The fourth-order valence-electron chi connectivity index (χ4n) is 5.61. The van der Waals surface area contributed by atoms with Crippen molar-refractivity contribution in [2.24, 2.45) is 10.9 Å². The summed E-state index contributed by atoms with van der Waals surface area (Å²) in [7, 11) is 3.42. The number of carbonyl (C=O) groups is 2. The summed E-state index contributed by atoms with van der Waals surface area (Å²) in [6.45, 7) is 4.80. The molecule has 1 aromatic heterocycles. The van der Waals surface area contributed by atoms with Crippen molar-refractivity contribution in [3.63, 3.8) is 0 Å². The number of amides is 2. The maximum Gasteiger partial charge on any atom is 0.237 e. The molecule has 0 spiro atoms. The summed E-state index contributed by atoms with van der Waals surface area (Å²) < 4.78 is 0. The van der Waals surface area contributed by atoms with Crippen LogP contribution >= 0.6 is 0 Å². The molecule has 1 aromatic carbocycles. The average Bonchev–Trinajstić information content (AvgIpc) is 3.55. The number of aromatic nitrogens is 1. The van der Waals surface area contributed by atoms with Gasteiger partial charge in [0.25, 0.3) is 0 Å². The van der Waals surface area contributed by atoms with Crippen LogP contribution in [0.3, 0.4) is 0 Å². The van der Waals surface area contributed by atoms with Gasteiger partial charge in [-0.05, 0) is 49.6 Å². The van der Waals surface area contributed by atoms with Gasteiger partial charge < -0.3 is 26.7 Å². The minimum absolute atomic E-state index is 0.0114. The fraction of sp³-hybridized carbons (Fsp3) is 0.364. The van der Waals surface area contributed by atoms with Crippen molar-refractivity contribution in [1.29, 1.82) is 16.2 Å². The summed E-state index contributed by atoms with van der Waals surface area (Å²) in [5.41, 5.74) is 9.90. The van der Waals surface area contributed by atoms with Crippen LogP contribution in [0.4, 0.5) is 11.5 Å². The predicted octanol–water partition coefficient (Wildman–Crippen LogP) is 2.35. The molecule has 0 bridgehead atoms. The zero-order chi connectivity index (χ0) is 33.2. The first-order valence-electron chi connectivity index (χ1n) is 15.3. The molecule has 4 rings (SSSR count). The van der Waals surface area contributed by atoms with Crippen LogP contribution in [0, 0.1) is 22.1 Å². The molecule has 2 amide bonds. The lowest BCUT2D eigenvalue weighted by Gasteiger charge is -2.29. The van der Waals surface area contributed by atoms with Crippen LogP contribution in [-0.2, 0) is 9.59 Å². The number of nitrogens with two attached hydrogens (primary N) is 1. The predicted molar refractivity (Wildman–Crippen MR) is 184 cm³/mol. The zero-order valence-corrected chi connectivity index (χ0v) is 26.6. The maximum absolute atomic E-state index is 13.6. The molecule has 1 saturated heterocycles. The molecule has 0 saturated carbocycles. The van der Waals surface area contributed by atoms with Crippen LogP contribution in [0.1, 0.15) is 36.6 Å². The monoisotopic (exact) mass is 625 g/mol. The molecule has 2 aliphatic rings. The van der Waals surface area contributed by atoms with Crippen molar-refractivity contribution in [1.82, 2.24) is 25.4 Å². The van der Waals surface area contributed by atoms with E-state index in [0.717, 1.165) is 23.8 Å². The van der Waals surface area contributed by atoms with Crippen LogP contribution in [0.15, 0.2) is 59.2 Å². The van der Waals surface area contributed by atoms with Gasteiger partial charge in [-0.1, -0.05) is 30.3 Å². The molecular weight excluding hydrogens is 582 g/mol. The first-order chi connectivity index (χ1) is 22.2. The lowest BCUT2D eigenvalue weighted by atomic mass is 9.98. The SMILES string of the molecule is CCN(C(=O)[C@@H]1CCN(CC(=O)N2CC=C(c3ccc(C(=N)/N=C\NC)cc3)CC2)C1)c1ccc(N)c(C(=N)/C(C=N)=C/NC)n1. The Kier molecular flexibility index (Phi) is 11.5. The Morgan fingerprint density at radius 2 is 1.89 bits per heavy atom. The quantitative estimate of drug-likeness (QED) is 0.154. The zero-order valence-electron chi connectivity index (χ0n) is 26.6. The second-order valence-corrected chi connectivity index (χ2v) is 11.1. The number of benzene rings is 1. The highest BCUT2D eigenvalue weighted by Crippen LogP contribution is 2.26. The van der Waals surface area contributed by atoms with Crippen LogP contribution in [-0.4, -0.2) is 104 Å². The maximum atomic E-state index is 13.6. The van der Waals surface area contributed by atoms with Crippen molar-refractivity contribution >= 4 is 53.0 Å². The molecule has 0 unspecified atom stereocenters. The number of hydrogen-bond acceptors (Lipinski definition) is 9. The smallest absolute Gasteiger partial charge is 0.237 e. The highest BCUT2D eigenvalue weighted by Gasteiger charge is 2.34. The van der Waals surface area contributed by atoms with E-state index in [1.807, 2.05) is 41.0 Å². The van der Waals surface area contributed by atoms with E-state index in [1.165, 1.54) is 18.1 Å². The summed E-state index contributed by atoms with van der Waals surface area (Å²) in [6.07, 6.45) is 7.53. The summed E-state index contributed by atoms with van der Waals surface area (Å²) in [5, 5.41) is 29.8. The lowest BCUT2D eigenvalue weighted by molar-refractivity contribution is -0.132. The van der Waals surface area contributed by atoms with E-state index in [1.54, 1.807) is 31.1 Å². The second kappa shape index (κ2) is 15.7. The van der Waals surface area contributed by atoms with E-state index in [2.05, 4.69) is 26.7 Å². The average molecular weight is 626 g/mol. The molecule has 13 heteroatoms. The Morgan fingerprint density at radius 1 is 1.13 bits per heavy atom. The van der Waals surface area contributed by atoms with Crippen molar-refractivity contribution in [2.45, 2.75) is 19.8 Å². The van der Waals surface area contributed by atoms with Gasteiger partial charge in [-0.25, -0.2) is 9.98 Å². The third-order valence-electron chi connectivity index (χ3n) is 8.15. The van der Waals surface area contributed by atoms with Crippen LogP contribution in [0.2, 0.25) is 0 Å². The Bertz CT molecular complexity index is 1560. The van der Waals surface area contributed by atoms with E-state index < -0.39 is 0 Å². The highest BCUT2D eigenvalue weighted by molar-refractivity contribution is 6.23. The second-order valence-electron chi connectivity index (χ2n) is 11.1. The number of amidine groups is 1. The van der Waals surface area contributed by atoms with E-state index in [4.69, 9.17) is 22.0 Å². The number of carbonyl (C=O) groups excluding carboxylic acids is 2. The number of anilines is 2. The van der Waals surface area contributed by atoms with Gasteiger partial charge in [0.05, 0.1) is 30.2 Å². The molecule has 2 aliphatic heterocycles. The molecule has 2 aromatic rings. The fourth-order valence-corrected chi connectivity index (χ4v) is 5.61. The molecule has 13 nitrogen and oxygen atoms in total. The van der Waals surface area contributed by atoms with Gasteiger partial charge in [0, 0.05) is 63.8 Å². The number of nitrogens with one attached hydrogen (secondary N) is 5. The highest BCUT2D eigenvalue weighted by atomic mass is 16.2. The van der Waals surface area contributed by atoms with E-state index >= 15 is 0 Å². The summed E-state index contributed by atoms with van der Waals surface area (Å²) >= 11 is 0. The number of nitrogen functional groups attached to an aromatic ring is 1. The van der Waals surface area contributed by atoms with Gasteiger partial charge in [-0.15, -0.1) is 0 Å². The standard InChI is InChI=1S/C33H43N11O2/c1-4-44(28-10-9-27(35)31(41-28)30(36)26(17-34)18-38-2)33(46)25-11-14-42(19-25)20-29(45)43-15-12-23(13-16-43)22-5-7-24(8-6-22)32(37)40-21-39-3/h5-10,12,17-18,21,25,34,36,38H,4,11,13-16,19-20,35H2,1-3H3,(H2,37,39,40)/b26-18+,34-17?,36-30?/t25-/m1/s1. The number of aliphatic imine (C=N–C) groups is 1. The number of rotatable bonds is 12. The molecule has 1 atom stereocenters. The Labute approximate surface area is 269 Å². The minimum atomic E-state index is -0.280. The Morgan fingerprint density at radius 3 is 2.52 bits per heavy atom. The van der Waals surface area contributed by atoms with Crippen LogP contribution in [0.25, 0.3) is 5.57 Å². The number of nitrogens with zero attached hydrogens (tertiary/aromatic N) is 5. The number of hydrogen-bond donors (Lipinski definition) is 6. The van der Waals surface area contributed by atoms with E-state index in [0.29, 0.717) is 50.5 Å². The third-order valence-corrected chi connectivity index (χ3v) is 8.15. The number of likely N-dealkylation sites (tertiary alicyclic amines) is 1. The molecule has 0 radical (unpaired) electrons. The largest absolute Gasteiger partial charge is 0.397 e. The van der Waals surface area contributed by atoms with Crippen molar-refractivity contribution < 1.29 is 9.59 Å². The normalized spacial score (nSPS) is 17.0. The van der Waals surface area contributed by atoms with Gasteiger partial charge in [-0.3, -0.25) is 30.2 Å². The molecule has 1 fully saturated rings. The van der Waals surface area contributed by atoms with Crippen molar-refractivity contribution in [3.8, 4) is 0 Å². The lowest BCUT2D eigenvalue weighted by Crippen LogP contribution is -2.42. The Balaban J connectivity index is 1.34. The van der Waals surface area contributed by atoms with Gasteiger partial charge in [0.15, 0.2) is 5.84 Å². The molecule has 0 aliphatic carbocycles. The van der Waals surface area contributed by atoms with Crippen molar-refractivity contribution in [3.05, 3.63) is 71.1 Å². The van der Waals surface area contributed by atoms with Crippen LogP contribution < -0.4 is 21.3 Å². The van der Waals surface area contributed by atoms with Crippen LogP contribution in [0.5, 0.6) is 0 Å². The van der Waals surface area contributed by atoms with Gasteiger partial charge in [-0.2, -0.15) is 0 Å². The third kappa shape index (κ3) is 7.91. The first-order valence-corrected chi connectivity index (χ1v) is 15.3. The number of pyridine rings is 1.